The van der Waals surface area contributed by atoms with Crippen LogP contribution in [0.5, 0.6) is 0 Å². The van der Waals surface area contributed by atoms with Gasteiger partial charge >= 0.3 is 5.97 Å². The number of hydrogen-bond donors (Lipinski definition) is 0. The monoisotopic (exact) mass is 501 g/mol. The molecule has 1 amide bonds. The van der Waals surface area contributed by atoms with Crippen molar-refractivity contribution in [2.24, 2.45) is 17.3 Å². The molecule has 2 fully saturated rings. The summed E-state index contributed by atoms with van der Waals surface area (Å²) in [5.41, 5.74) is 1.79. The van der Waals surface area contributed by atoms with Crippen LogP contribution in [0.25, 0.3) is 0 Å². The molecule has 0 bridgehead atoms. The first kappa shape index (κ1) is 26.6. The van der Waals surface area contributed by atoms with Gasteiger partial charge in [0, 0.05) is 43.2 Å². The van der Waals surface area contributed by atoms with Crippen molar-refractivity contribution in [3.8, 4) is 0 Å². The fraction of sp³-hybridized carbons (Fsp3) is 0.621. The number of nitrogens with zero attached hydrogens (tertiary/aromatic N) is 2. The summed E-state index contributed by atoms with van der Waals surface area (Å²) < 4.78 is 33.3. The van der Waals surface area contributed by atoms with Crippen molar-refractivity contribution in [2.75, 3.05) is 31.1 Å². The number of esters is 1. The quantitative estimate of drug-likeness (QED) is 0.487. The first-order valence-corrected chi connectivity index (χ1v) is 13.0. The minimum Gasteiger partial charge on any atom is -0.460 e. The summed E-state index contributed by atoms with van der Waals surface area (Å²) in [5, 5.41) is 0. The third kappa shape index (κ3) is 6.27. The number of hydrogen-bond acceptors (Lipinski definition) is 4. The topological polar surface area (TPSA) is 49.9 Å². The van der Waals surface area contributed by atoms with Gasteiger partial charge in [-0.1, -0.05) is 39.0 Å². The fourth-order valence-electron chi connectivity index (χ4n) is 5.29. The summed E-state index contributed by atoms with van der Waals surface area (Å²) in [7, 11) is 0. The fourth-order valence-corrected chi connectivity index (χ4v) is 5.29. The Labute approximate surface area is 213 Å². The van der Waals surface area contributed by atoms with Gasteiger partial charge in [-0.25, -0.2) is 8.78 Å². The predicted molar refractivity (Wildman–Crippen MR) is 137 cm³/mol. The number of anilines is 1. The van der Waals surface area contributed by atoms with E-state index in [-0.39, 0.29) is 36.2 Å². The van der Waals surface area contributed by atoms with Gasteiger partial charge in [0.1, 0.15) is 5.60 Å². The zero-order valence-electron chi connectivity index (χ0n) is 22.4. The summed E-state index contributed by atoms with van der Waals surface area (Å²) in [4.78, 5) is 30.0. The summed E-state index contributed by atoms with van der Waals surface area (Å²) in [6.45, 7) is 13.0. The standard InChI is InChI=1S/C29H39F2N2O3/c1-27(2,3)24-16-23(24)25(34)32-12-10-20(17-32)22(26(35)36-28(4,5)6)15-19-8-7-9-21(14-19)33-13-11-29(30,31)18-33/h7-9,14,16,20,22H,10-13,15,17-18H2,1-6H3/t20-,22-/m0/s1. The third-order valence-corrected chi connectivity index (χ3v) is 7.23. The molecule has 4 rings (SSSR count). The number of likely N-dealkylation sites (tertiary alicyclic amines) is 1. The Morgan fingerprint density at radius 2 is 1.86 bits per heavy atom. The molecule has 7 heteroatoms. The molecule has 0 unspecified atom stereocenters. The minimum absolute atomic E-state index is 0.0268. The molecule has 2 aliphatic heterocycles. The Balaban J connectivity index is 1.48. The van der Waals surface area contributed by atoms with Crippen LogP contribution in [0.3, 0.4) is 0 Å². The van der Waals surface area contributed by atoms with Gasteiger partial charge in [0.05, 0.1) is 12.5 Å². The maximum atomic E-state index is 13.8. The van der Waals surface area contributed by atoms with Crippen molar-refractivity contribution >= 4 is 17.6 Å². The highest BCUT2D eigenvalue weighted by molar-refractivity contribution is 6.04. The van der Waals surface area contributed by atoms with Crippen LogP contribution < -0.4 is 4.90 Å². The molecule has 1 radical (unpaired) electrons. The van der Waals surface area contributed by atoms with Gasteiger partial charge in [-0.15, -0.1) is 0 Å². The van der Waals surface area contributed by atoms with Crippen LogP contribution in [-0.2, 0) is 20.7 Å². The van der Waals surface area contributed by atoms with Crippen molar-refractivity contribution in [1.29, 1.82) is 0 Å². The van der Waals surface area contributed by atoms with E-state index in [0.717, 1.165) is 29.2 Å². The van der Waals surface area contributed by atoms with E-state index in [1.165, 1.54) is 0 Å². The van der Waals surface area contributed by atoms with Gasteiger partial charge in [0.2, 0.25) is 5.91 Å². The molecular weight excluding hydrogens is 462 g/mol. The lowest BCUT2D eigenvalue weighted by molar-refractivity contribution is -0.162. The van der Waals surface area contributed by atoms with Gasteiger partial charge in [-0.2, -0.15) is 0 Å². The predicted octanol–water partition coefficient (Wildman–Crippen LogP) is 5.44. The Kier molecular flexibility index (Phi) is 6.99. The van der Waals surface area contributed by atoms with E-state index < -0.39 is 17.4 Å². The second kappa shape index (κ2) is 9.46. The number of alkyl halides is 2. The number of benzene rings is 1. The van der Waals surface area contributed by atoms with Crippen LogP contribution in [0, 0.1) is 23.2 Å². The lowest BCUT2D eigenvalue weighted by Crippen LogP contribution is -2.36. The molecule has 2 saturated heterocycles. The van der Waals surface area contributed by atoms with E-state index in [1.807, 2.05) is 56.0 Å². The first-order valence-electron chi connectivity index (χ1n) is 13.0. The number of allylic oxidation sites excluding steroid dienone is 1. The lowest BCUT2D eigenvalue weighted by Gasteiger charge is -2.28. The largest absolute Gasteiger partial charge is 0.460 e. The highest BCUT2D eigenvalue weighted by atomic mass is 19.3. The number of rotatable bonds is 6. The van der Waals surface area contributed by atoms with E-state index in [2.05, 4.69) is 20.8 Å². The third-order valence-electron chi connectivity index (χ3n) is 7.23. The van der Waals surface area contributed by atoms with Crippen molar-refractivity contribution in [1.82, 2.24) is 4.90 Å². The number of carbonyl (C=O) groups excluding carboxylic acids is 2. The van der Waals surface area contributed by atoms with Gasteiger partial charge in [-0.05, 0) is 62.6 Å². The van der Waals surface area contributed by atoms with E-state index in [4.69, 9.17) is 4.74 Å². The highest BCUT2D eigenvalue weighted by Crippen LogP contribution is 2.47. The van der Waals surface area contributed by atoms with E-state index >= 15 is 0 Å². The average molecular weight is 502 g/mol. The van der Waals surface area contributed by atoms with Crippen LogP contribution in [0.1, 0.15) is 59.9 Å². The van der Waals surface area contributed by atoms with Crippen LogP contribution in [-0.4, -0.2) is 54.5 Å². The Hall–Kier alpha value is -2.44. The molecule has 1 aliphatic carbocycles. The van der Waals surface area contributed by atoms with Crippen molar-refractivity contribution in [3.63, 3.8) is 0 Å². The summed E-state index contributed by atoms with van der Waals surface area (Å²) in [6, 6.07) is 7.56. The van der Waals surface area contributed by atoms with Crippen LogP contribution in [0.15, 0.2) is 35.9 Å². The number of ether oxygens (including phenoxy) is 1. The van der Waals surface area contributed by atoms with Gasteiger partial charge in [0.15, 0.2) is 0 Å². The maximum absolute atomic E-state index is 13.8. The zero-order chi connectivity index (χ0) is 26.5. The molecule has 5 nitrogen and oxygen atoms in total. The normalized spacial score (nSPS) is 23.0. The first-order chi connectivity index (χ1) is 16.6. The van der Waals surface area contributed by atoms with Crippen molar-refractivity contribution < 1.29 is 23.1 Å². The van der Waals surface area contributed by atoms with Crippen molar-refractivity contribution in [2.45, 2.75) is 72.3 Å². The van der Waals surface area contributed by atoms with Crippen LogP contribution in [0.2, 0.25) is 0 Å². The van der Waals surface area contributed by atoms with E-state index in [0.29, 0.717) is 26.1 Å². The second-order valence-corrected chi connectivity index (χ2v) is 12.6. The number of amides is 1. The molecule has 197 valence electrons. The second-order valence-electron chi connectivity index (χ2n) is 12.6. The van der Waals surface area contributed by atoms with E-state index in [1.54, 1.807) is 4.90 Å². The smallest absolute Gasteiger partial charge is 0.310 e. The molecule has 2 atom stereocenters. The lowest BCUT2D eigenvalue weighted by atomic mass is 9.85. The van der Waals surface area contributed by atoms with Crippen LogP contribution in [0.4, 0.5) is 14.5 Å². The van der Waals surface area contributed by atoms with Crippen molar-refractivity contribution in [3.05, 3.63) is 47.4 Å². The molecule has 1 aromatic carbocycles. The highest BCUT2D eigenvalue weighted by Gasteiger charge is 2.45. The van der Waals surface area contributed by atoms with Crippen LogP contribution >= 0.6 is 0 Å². The molecule has 36 heavy (non-hydrogen) atoms. The molecule has 0 aromatic heterocycles. The SMILES string of the molecule is CC(C)(C)OC(=O)[C@@H](Cc1cccc(N2CCC(F)(F)C2)c1)[C@H]1CCN(C(=O)C2=C[C]2C(C)(C)C)C1. The molecule has 2 heterocycles. The zero-order valence-corrected chi connectivity index (χ0v) is 22.4. The molecule has 0 saturated carbocycles. The van der Waals surface area contributed by atoms with Gasteiger partial charge in [0.25, 0.3) is 5.92 Å². The Morgan fingerprint density at radius 3 is 2.44 bits per heavy atom. The summed E-state index contributed by atoms with van der Waals surface area (Å²) in [5.74, 6) is -2.24. The Bertz CT molecular complexity index is 1040. The molecule has 0 N–H and O–H groups in total. The van der Waals surface area contributed by atoms with Gasteiger partial charge in [-0.3, -0.25) is 9.59 Å². The summed E-state index contributed by atoms with van der Waals surface area (Å²) >= 11 is 0. The maximum Gasteiger partial charge on any atom is 0.310 e. The molecule has 1 aromatic rings. The number of carbonyl (C=O) groups is 2. The average Bonchev–Trinajstić information content (AvgIpc) is 3.30. The minimum atomic E-state index is -2.67. The number of halogens is 2. The molecule has 3 aliphatic rings. The summed E-state index contributed by atoms with van der Waals surface area (Å²) in [6.07, 6.45) is 3.00. The molecule has 0 spiro atoms. The van der Waals surface area contributed by atoms with Gasteiger partial charge < -0.3 is 14.5 Å². The Morgan fingerprint density at radius 1 is 1.14 bits per heavy atom. The van der Waals surface area contributed by atoms with E-state index in [9.17, 15) is 18.4 Å². The molecular formula is C29H39F2N2O3.